The average Bonchev–Trinajstić information content (AvgIpc) is 2.54. The Morgan fingerprint density at radius 3 is 3.24 bits per heavy atom. The van der Waals surface area contributed by atoms with Gasteiger partial charge in [-0.1, -0.05) is 0 Å². The van der Waals surface area contributed by atoms with Gasteiger partial charge in [-0.25, -0.2) is 0 Å². The van der Waals surface area contributed by atoms with Crippen molar-refractivity contribution in [1.82, 2.24) is 9.88 Å². The summed E-state index contributed by atoms with van der Waals surface area (Å²) in [5.41, 5.74) is 0.300. The lowest BCUT2D eigenvalue weighted by atomic mass is 10.2. The zero-order valence-electron chi connectivity index (χ0n) is 9.80. The number of carbonyl (C=O) groups is 1. The zero-order valence-corrected chi connectivity index (χ0v) is 9.80. The van der Waals surface area contributed by atoms with Crippen LogP contribution in [0.3, 0.4) is 0 Å². The first kappa shape index (κ1) is 11.9. The molecule has 1 aliphatic heterocycles. The summed E-state index contributed by atoms with van der Waals surface area (Å²) in [6, 6.07) is 1.54. The van der Waals surface area contributed by atoms with Crippen LogP contribution in [0, 0.1) is 0 Å². The molecule has 1 fully saturated rings. The molecule has 1 atom stereocenters. The lowest BCUT2D eigenvalue weighted by Crippen LogP contribution is -2.35. The van der Waals surface area contributed by atoms with Crippen molar-refractivity contribution < 1.29 is 14.6 Å². The molecule has 0 radical (unpaired) electrons. The smallest absolute Gasteiger partial charge is 0.257 e. The van der Waals surface area contributed by atoms with Crippen molar-refractivity contribution in [2.45, 2.75) is 19.4 Å². The van der Waals surface area contributed by atoms with Crippen LogP contribution in [0.2, 0.25) is 0 Å². The molecule has 5 nitrogen and oxygen atoms in total. The van der Waals surface area contributed by atoms with Crippen LogP contribution in [0.5, 0.6) is 5.75 Å². The third kappa shape index (κ3) is 2.74. The van der Waals surface area contributed by atoms with Crippen LogP contribution >= 0.6 is 0 Å². The molecule has 1 aromatic rings. The number of amides is 1. The number of aromatic hydroxyl groups is 1. The van der Waals surface area contributed by atoms with Gasteiger partial charge in [-0.15, -0.1) is 0 Å². The fraction of sp³-hybridized carbons (Fsp3) is 0.500. The highest BCUT2D eigenvalue weighted by Crippen LogP contribution is 2.18. The Bertz CT molecular complexity index is 408. The normalized spacial score (nSPS) is 21.0. The molecule has 0 aromatic carbocycles. The fourth-order valence-electron chi connectivity index (χ4n) is 1.92. The number of rotatable bonds is 1. The number of pyridine rings is 1. The highest BCUT2D eigenvalue weighted by Gasteiger charge is 2.22. The van der Waals surface area contributed by atoms with E-state index in [1.807, 2.05) is 6.92 Å². The minimum absolute atomic E-state index is 0.0328. The van der Waals surface area contributed by atoms with Crippen molar-refractivity contribution in [3.8, 4) is 5.75 Å². The minimum atomic E-state index is -0.165. The van der Waals surface area contributed by atoms with Gasteiger partial charge in [-0.3, -0.25) is 9.78 Å². The maximum atomic E-state index is 12.2. The maximum Gasteiger partial charge on any atom is 0.257 e. The summed E-state index contributed by atoms with van der Waals surface area (Å²) in [5.74, 6) is -0.238. The van der Waals surface area contributed by atoms with E-state index in [4.69, 9.17) is 4.74 Å². The topological polar surface area (TPSA) is 62.7 Å². The number of nitrogens with zero attached hydrogens (tertiary/aromatic N) is 2. The van der Waals surface area contributed by atoms with Gasteiger partial charge in [0.1, 0.15) is 5.75 Å². The Labute approximate surface area is 100 Å². The molecule has 5 heteroatoms. The van der Waals surface area contributed by atoms with E-state index in [2.05, 4.69) is 4.98 Å². The number of ether oxygens (including phenoxy) is 1. The lowest BCUT2D eigenvalue weighted by molar-refractivity contribution is 0.0561. The summed E-state index contributed by atoms with van der Waals surface area (Å²) in [6.07, 6.45) is 3.64. The number of hydrogen-bond donors (Lipinski definition) is 1. The molecule has 0 saturated carbocycles. The van der Waals surface area contributed by atoms with Crippen LogP contribution in [-0.4, -0.2) is 46.7 Å². The highest BCUT2D eigenvalue weighted by atomic mass is 16.5. The lowest BCUT2D eigenvalue weighted by Gasteiger charge is -2.22. The van der Waals surface area contributed by atoms with Gasteiger partial charge in [0.05, 0.1) is 17.9 Å². The predicted octanol–water partition coefficient (Wildman–Crippen LogP) is 1.04. The highest BCUT2D eigenvalue weighted by molar-refractivity contribution is 5.96. The Hall–Kier alpha value is -1.62. The number of hydrogen-bond acceptors (Lipinski definition) is 4. The molecule has 92 valence electrons. The second-order valence-electron chi connectivity index (χ2n) is 4.18. The Kier molecular flexibility index (Phi) is 3.58. The van der Waals surface area contributed by atoms with Crippen LogP contribution in [0.4, 0.5) is 0 Å². The summed E-state index contributed by atoms with van der Waals surface area (Å²) in [4.78, 5) is 17.7. The summed E-state index contributed by atoms with van der Waals surface area (Å²) in [5, 5.41) is 9.61. The van der Waals surface area contributed by atoms with Crippen LogP contribution < -0.4 is 0 Å². The summed E-state index contributed by atoms with van der Waals surface area (Å²) in [6.45, 7) is 3.83. The molecule has 1 N–H and O–H groups in total. The first-order valence-corrected chi connectivity index (χ1v) is 5.72. The molecule has 1 aromatic heterocycles. The molecule has 1 saturated heterocycles. The van der Waals surface area contributed by atoms with E-state index in [-0.39, 0.29) is 17.8 Å². The van der Waals surface area contributed by atoms with Crippen molar-refractivity contribution in [2.75, 3.05) is 19.7 Å². The fourth-order valence-corrected chi connectivity index (χ4v) is 1.92. The summed E-state index contributed by atoms with van der Waals surface area (Å²) >= 11 is 0. The van der Waals surface area contributed by atoms with Crippen LogP contribution in [0.1, 0.15) is 23.7 Å². The van der Waals surface area contributed by atoms with E-state index in [0.29, 0.717) is 25.3 Å². The molecular weight excluding hydrogens is 220 g/mol. The third-order valence-electron chi connectivity index (χ3n) is 2.77. The van der Waals surface area contributed by atoms with Crippen LogP contribution in [0.25, 0.3) is 0 Å². The van der Waals surface area contributed by atoms with E-state index in [0.717, 1.165) is 6.42 Å². The molecule has 0 aliphatic carbocycles. The monoisotopic (exact) mass is 236 g/mol. The quantitative estimate of drug-likeness (QED) is 0.791. The third-order valence-corrected chi connectivity index (χ3v) is 2.77. The first-order chi connectivity index (χ1) is 8.18. The van der Waals surface area contributed by atoms with Gasteiger partial charge in [-0.2, -0.15) is 0 Å². The van der Waals surface area contributed by atoms with Gasteiger partial charge in [0.25, 0.3) is 5.91 Å². The molecule has 0 spiro atoms. The standard InChI is InChI=1S/C12H16N2O3/c1-9-8-14(5-2-6-17-9)12(16)10-3-4-13-7-11(10)15/h3-4,7,9,15H,2,5-6,8H2,1H3. The average molecular weight is 236 g/mol. The van der Waals surface area contributed by atoms with E-state index < -0.39 is 0 Å². The van der Waals surface area contributed by atoms with Crippen molar-refractivity contribution in [3.63, 3.8) is 0 Å². The maximum absolute atomic E-state index is 12.2. The first-order valence-electron chi connectivity index (χ1n) is 5.72. The van der Waals surface area contributed by atoms with Crippen molar-refractivity contribution >= 4 is 5.91 Å². The SMILES string of the molecule is CC1CN(C(=O)c2ccncc2O)CCCO1. The second-order valence-corrected chi connectivity index (χ2v) is 4.18. The van der Waals surface area contributed by atoms with Gasteiger partial charge >= 0.3 is 0 Å². The van der Waals surface area contributed by atoms with Crippen LogP contribution in [-0.2, 0) is 4.74 Å². The van der Waals surface area contributed by atoms with Gasteiger partial charge in [0.2, 0.25) is 0 Å². The Morgan fingerprint density at radius 1 is 1.65 bits per heavy atom. The van der Waals surface area contributed by atoms with Gasteiger partial charge in [-0.05, 0) is 19.4 Å². The zero-order chi connectivity index (χ0) is 12.3. The van der Waals surface area contributed by atoms with Gasteiger partial charge in [0.15, 0.2) is 0 Å². The Morgan fingerprint density at radius 2 is 2.47 bits per heavy atom. The minimum Gasteiger partial charge on any atom is -0.505 e. The number of aromatic nitrogens is 1. The molecule has 1 amide bonds. The van der Waals surface area contributed by atoms with Gasteiger partial charge in [0, 0.05) is 25.9 Å². The number of carbonyl (C=O) groups excluding carboxylic acids is 1. The molecule has 2 rings (SSSR count). The van der Waals surface area contributed by atoms with E-state index in [9.17, 15) is 9.90 Å². The molecule has 1 unspecified atom stereocenters. The Balaban J connectivity index is 2.16. The molecule has 2 heterocycles. The van der Waals surface area contributed by atoms with Gasteiger partial charge < -0.3 is 14.7 Å². The molecule has 1 aliphatic rings. The summed E-state index contributed by atoms with van der Waals surface area (Å²) in [7, 11) is 0. The molecule has 17 heavy (non-hydrogen) atoms. The van der Waals surface area contributed by atoms with E-state index in [1.165, 1.54) is 18.5 Å². The van der Waals surface area contributed by atoms with Crippen molar-refractivity contribution in [3.05, 3.63) is 24.0 Å². The predicted molar refractivity (Wildman–Crippen MR) is 61.8 cm³/mol. The second kappa shape index (κ2) is 5.14. The van der Waals surface area contributed by atoms with Crippen LogP contribution in [0.15, 0.2) is 18.5 Å². The van der Waals surface area contributed by atoms with E-state index in [1.54, 1.807) is 4.90 Å². The van der Waals surface area contributed by atoms with Crippen molar-refractivity contribution in [2.24, 2.45) is 0 Å². The van der Waals surface area contributed by atoms with E-state index >= 15 is 0 Å². The van der Waals surface area contributed by atoms with Crippen molar-refractivity contribution in [1.29, 1.82) is 0 Å². The molecule has 0 bridgehead atoms. The molecular formula is C12H16N2O3. The summed E-state index contributed by atoms with van der Waals surface area (Å²) < 4.78 is 5.48. The largest absolute Gasteiger partial charge is 0.505 e.